The Morgan fingerprint density at radius 2 is 1.93 bits per heavy atom. The molecule has 4 aliphatic rings. The lowest BCUT2D eigenvalue weighted by molar-refractivity contribution is -0.170. The number of ketones is 1. The average molecular weight is 390 g/mol. The molecule has 0 saturated heterocycles. The van der Waals surface area contributed by atoms with Gasteiger partial charge in [0, 0.05) is 24.3 Å². The Kier molecular flexibility index (Phi) is 5.18. The van der Waals surface area contributed by atoms with Gasteiger partial charge in [-0.1, -0.05) is 13.8 Å². The van der Waals surface area contributed by atoms with Crippen molar-refractivity contribution in [2.75, 3.05) is 6.54 Å². The van der Waals surface area contributed by atoms with E-state index >= 15 is 0 Å². The molecule has 4 rings (SSSR count). The summed E-state index contributed by atoms with van der Waals surface area (Å²) in [7, 11) is 0. The van der Waals surface area contributed by atoms with Gasteiger partial charge in [0.1, 0.15) is 18.2 Å². The molecule has 0 spiro atoms. The van der Waals surface area contributed by atoms with Crippen LogP contribution in [0.1, 0.15) is 71.6 Å². The zero-order chi connectivity index (χ0) is 20.1. The summed E-state index contributed by atoms with van der Waals surface area (Å²) in [5.41, 5.74) is 5.42. The highest BCUT2D eigenvalue weighted by Gasteiger charge is 2.62. The summed E-state index contributed by atoms with van der Waals surface area (Å²) in [6.07, 6.45) is 8.72. The highest BCUT2D eigenvalue weighted by Crippen LogP contribution is 2.66. The number of carbonyl (C=O) groups excluding carboxylic acids is 3. The standard InChI is InChI=1S/C23H35NO4/c1-22-8-5-15(28-21(27)7-10-24)12-19(22)14(13-25)11-16-17-3-4-20(26)23(17,2)9-6-18(16)22/h13-19H,3-12,24H2,1-2H3/t14?,15-,16-,17-,18-,19?,22+,23-/m0/s1. The van der Waals surface area contributed by atoms with Crippen LogP contribution in [0, 0.1) is 40.4 Å². The number of esters is 1. The van der Waals surface area contributed by atoms with Crippen molar-refractivity contribution in [3.05, 3.63) is 0 Å². The van der Waals surface area contributed by atoms with Crippen molar-refractivity contribution in [3.8, 4) is 0 Å². The number of Topliss-reactive ketones (excluding diaryl/α,β-unsaturated/α-hetero) is 1. The summed E-state index contributed by atoms with van der Waals surface area (Å²) in [5, 5.41) is 0. The van der Waals surface area contributed by atoms with Crippen LogP contribution in [-0.2, 0) is 19.1 Å². The second kappa shape index (κ2) is 7.23. The molecule has 4 aliphatic carbocycles. The van der Waals surface area contributed by atoms with Gasteiger partial charge in [0.15, 0.2) is 0 Å². The summed E-state index contributed by atoms with van der Waals surface area (Å²) in [6.45, 7) is 4.87. The van der Waals surface area contributed by atoms with Crippen molar-refractivity contribution in [1.29, 1.82) is 0 Å². The molecular formula is C23H35NO4. The molecule has 0 amide bonds. The third-order valence-electron chi connectivity index (χ3n) is 9.24. The Hall–Kier alpha value is -1.23. The molecule has 0 radical (unpaired) electrons. The molecule has 5 heteroatoms. The molecule has 2 unspecified atom stereocenters. The van der Waals surface area contributed by atoms with E-state index in [4.69, 9.17) is 10.5 Å². The van der Waals surface area contributed by atoms with Gasteiger partial charge in [-0.15, -0.1) is 0 Å². The van der Waals surface area contributed by atoms with Gasteiger partial charge in [0.25, 0.3) is 0 Å². The predicted octanol–water partition coefficient (Wildman–Crippen LogP) is 3.28. The first-order chi connectivity index (χ1) is 13.3. The van der Waals surface area contributed by atoms with E-state index in [1.165, 1.54) is 0 Å². The molecule has 0 aromatic heterocycles. The first-order valence-electron chi connectivity index (χ1n) is 11.2. The second-order valence-corrected chi connectivity index (χ2v) is 10.4. The minimum Gasteiger partial charge on any atom is -0.462 e. The zero-order valence-corrected chi connectivity index (χ0v) is 17.3. The van der Waals surface area contributed by atoms with E-state index in [0.29, 0.717) is 30.1 Å². The maximum Gasteiger partial charge on any atom is 0.307 e. The fourth-order valence-electron chi connectivity index (χ4n) is 7.76. The van der Waals surface area contributed by atoms with Crippen LogP contribution >= 0.6 is 0 Å². The number of fused-ring (bicyclic) bond motifs is 5. The normalized spacial score (nSPS) is 47.6. The highest BCUT2D eigenvalue weighted by atomic mass is 16.5. The Morgan fingerprint density at radius 1 is 1.14 bits per heavy atom. The molecule has 0 aromatic carbocycles. The number of hydrogen-bond donors (Lipinski definition) is 1. The van der Waals surface area contributed by atoms with Crippen LogP contribution in [0.2, 0.25) is 0 Å². The summed E-state index contributed by atoms with van der Waals surface area (Å²) in [6, 6.07) is 0. The first kappa shape index (κ1) is 20.1. The summed E-state index contributed by atoms with van der Waals surface area (Å²) < 4.78 is 5.67. The van der Waals surface area contributed by atoms with Crippen molar-refractivity contribution in [1.82, 2.24) is 0 Å². The molecule has 4 saturated carbocycles. The minimum absolute atomic E-state index is 0.0142. The van der Waals surface area contributed by atoms with E-state index < -0.39 is 0 Å². The van der Waals surface area contributed by atoms with Gasteiger partial charge in [0.2, 0.25) is 0 Å². The number of nitrogens with two attached hydrogens (primary N) is 1. The Balaban J connectivity index is 1.56. The number of hydrogen-bond acceptors (Lipinski definition) is 5. The molecule has 28 heavy (non-hydrogen) atoms. The lowest BCUT2D eigenvalue weighted by Crippen LogP contribution is -2.57. The molecule has 0 aromatic rings. The number of carbonyl (C=O) groups is 3. The molecule has 2 N–H and O–H groups in total. The lowest BCUT2D eigenvalue weighted by atomic mass is 9.43. The fraction of sp³-hybridized carbons (Fsp3) is 0.870. The monoisotopic (exact) mass is 389 g/mol. The Bertz CT molecular complexity index is 663. The van der Waals surface area contributed by atoms with Gasteiger partial charge < -0.3 is 15.3 Å². The highest BCUT2D eigenvalue weighted by molar-refractivity contribution is 5.87. The molecule has 0 heterocycles. The molecule has 5 nitrogen and oxygen atoms in total. The Labute approximate surface area is 168 Å². The van der Waals surface area contributed by atoms with E-state index in [2.05, 4.69) is 13.8 Å². The van der Waals surface area contributed by atoms with E-state index in [1.807, 2.05) is 0 Å². The smallest absolute Gasteiger partial charge is 0.307 e. The number of ether oxygens (including phenoxy) is 1. The van der Waals surface area contributed by atoms with E-state index in [-0.39, 0.29) is 41.2 Å². The summed E-state index contributed by atoms with van der Waals surface area (Å²) >= 11 is 0. The molecule has 156 valence electrons. The van der Waals surface area contributed by atoms with Crippen LogP contribution in [-0.4, -0.2) is 30.7 Å². The van der Waals surface area contributed by atoms with E-state index in [1.54, 1.807) is 0 Å². The van der Waals surface area contributed by atoms with Gasteiger partial charge in [-0.3, -0.25) is 9.59 Å². The summed E-state index contributed by atoms with van der Waals surface area (Å²) in [4.78, 5) is 36.6. The molecule has 0 bridgehead atoms. The van der Waals surface area contributed by atoms with Gasteiger partial charge in [-0.25, -0.2) is 0 Å². The van der Waals surface area contributed by atoms with Gasteiger partial charge in [-0.05, 0) is 74.0 Å². The zero-order valence-electron chi connectivity index (χ0n) is 17.3. The van der Waals surface area contributed by atoms with Crippen LogP contribution in [0.25, 0.3) is 0 Å². The second-order valence-electron chi connectivity index (χ2n) is 10.4. The van der Waals surface area contributed by atoms with E-state index in [9.17, 15) is 14.4 Å². The fourth-order valence-corrected chi connectivity index (χ4v) is 7.76. The maximum atomic E-state index is 12.6. The van der Waals surface area contributed by atoms with Crippen molar-refractivity contribution in [2.45, 2.75) is 77.7 Å². The topological polar surface area (TPSA) is 86.5 Å². The van der Waals surface area contributed by atoms with Crippen molar-refractivity contribution < 1.29 is 19.1 Å². The third-order valence-corrected chi connectivity index (χ3v) is 9.24. The predicted molar refractivity (Wildman–Crippen MR) is 105 cm³/mol. The largest absolute Gasteiger partial charge is 0.462 e. The molecule has 8 atom stereocenters. The minimum atomic E-state index is -0.217. The van der Waals surface area contributed by atoms with Crippen molar-refractivity contribution in [3.63, 3.8) is 0 Å². The third kappa shape index (κ3) is 2.96. The SMILES string of the molecule is C[C@]12CC[C@H](OC(=O)CCN)CC1C(C=O)C[C@@H]1[C@@H]2CC[C@]2(C)C(=O)CC[C@@H]12. The summed E-state index contributed by atoms with van der Waals surface area (Å²) in [5.74, 6) is 2.03. The number of aldehydes is 1. The van der Waals surface area contributed by atoms with Crippen molar-refractivity contribution in [2.24, 2.45) is 46.2 Å². The maximum absolute atomic E-state index is 12.6. The van der Waals surface area contributed by atoms with Crippen LogP contribution in [0.15, 0.2) is 0 Å². The van der Waals surface area contributed by atoms with Crippen LogP contribution in [0.5, 0.6) is 0 Å². The lowest BCUT2D eigenvalue weighted by Gasteiger charge is -2.61. The van der Waals surface area contributed by atoms with E-state index in [0.717, 1.165) is 57.7 Å². The number of rotatable bonds is 4. The van der Waals surface area contributed by atoms with Crippen LogP contribution in [0.4, 0.5) is 0 Å². The van der Waals surface area contributed by atoms with Gasteiger partial charge in [-0.2, -0.15) is 0 Å². The van der Waals surface area contributed by atoms with Gasteiger partial charge >= 0.3 is 5.97 Å². The molecule has 0 aliphatic heterocycles. The van der Waals surface area contributed by atoms with Crippen LogP contribution in [0.3, 0.4) is 0 Å². The average Bonchev–Trinajstić information content (AvgIpc) is 2.97. The van der Waals surface area contributed by atoms with Gasteiger partial charge in [0.05, 0.1) is 6.42 Å². The Morgan fingerprint density at radius 3 is 2.64 bits per heavy atom. The quantitative estimate of drug-likeness (QED) is 0.589. The molecule has 4 fully saturated rings. The molecular weight excluding hydrogens is 354 g/mol. The first-order valence-corrected chi connectivity index (χ1v) is 11.2. The van der Waals surface area contributed by atoms with Crippen LogP contribution < -0.4 is 5.73 Å². The van der Waals surface area contributed by atoms with Crippen molar-refractivity contribution >= 4 is 18.0 Å².